The summed E-state index contributed by atoms with van der Waals surface area (Å²) >= 11 is 10.2. The second-order valence-corrected chi connectivity index (χ2v) is 3.22. The molecule has 10 heavy (non-hydrogen) atoms. The molecule has 0 saturated heterocycles. The summed E-state index contributed by atoms with van der Waals surface area (Å²) in [6.07, 6.45) is 0. The first-order valence-electron chi connectivity index (χ1n) is 2.24. The molecular weight excluding hydrogens is 188 g/mol. The van der Waals surface area contributed by atoms with Gasteiger partial charge < -0.3 is 10.1 Å². The predicted molar refractivity (Wildman–Crippen MR) is 45.9 cm³/mol. The van der Waals surface area contributed by atoms with Gasteiger partial charge in [-0.2, -0.15) is 4.99 Å². The Kier molecular flexibility index (Phi) is 2.29. The molecule has 0 amide bonds. The number of aromatic hydroxyl groups is 1. The summed E-state index contributed by atoms with van der Waals surface area (Å²) in [6.45, 7) is 0. The van der Waals surface area contributed by atoms with Crippen LogP contribution < -0.4 is 0 Å². The van der Waals surface area contributed by atoms with E-state index in [1.807, 2.05) is 0 Å². The molecule has 0 aromatic carbocycles. The average Bonchev–Trinajstić information content (AvgIpc) is 2.13. The second kappa shape index (κ2) is 3.03. The zero-order valence-corrected chi connectivity index (χ0v) is 7.07. The number of nitrogens with one attached hydrogen (secondary N) is 1. The molecule has 1 heterocycles. The van der Waals surface area contributed by atoms with Crippen LogP contribution in [0.3, 0.4) is 0 Å². The van der Waals surface area contributed by atoms with E-state index in [-0.39, 0.29) is 5.88 Å². The molecule has 0 aliphatic rings. The molecule has 0 fully saturated rings. The quantitative estimate of drug-likeness (QED) is 0.527. The van der Waals surface area contributed by atoms with Crippen molar-refractivity contribution in [3.8, 4) is 5.88 Å². The van der Waals surface area contributed by atoms with Crippen LogP contribution in [-0.2, 0) is 0 Å². The number of aliphatic imine (C=N–C) groups is 1. The Morgan fingerprint density at radius 1 is 1.70 bits per heavy atom. The van der Waals surface area contributed by atoms with Gasteiger partial charge in [0.1, 0.15) is 0 Å². The van der Waals surface area contributed by atoms with Gasteiger partial charge in [-0.05, 0) is 24.4 Å². The summed E-state index contributed by atoms with van der Waals surface area (Å²) in [5.41, 5.74) is 0. The summed E-state index contributed by atoms with van der Waals surface area (Å²) in [4.78, 5) is 6.06. The van der Waals surface area contributed by atoms with Crippen LogP contribution in [0.1, 0.15) is 0 Å². The van der Waals surface area contributed by atoms with Gasteiger partial charge in [0.25, 0.3) is 0 Å². The molecule has 0 bridgehead atoms. The maximum Gasteiger partial charge on any atom is 0.228 e. The molecule has 52 valence electrons. The van der Waals surface area contributed by atoms with Crippen LogP contribution >= 0.6 is 35.8 Å². The van der Waals surface area contributed by atoms with Gasteiger partial charge in [-0.1, -0.05) is 11.3 Å². The fraction of sp³-hybridized carbons (Fsp3) is 0. The van der Waals surface area contributed by atoms with Gasteiger partial charge >= 0.3 is 0 Å². The molecule has 0 unspecified atom stereocenters. The van der Waals surface area contributed by atoms with Gasteiger partial charge in [0.2, 0.25) is 5.88 Å². The number of aromatic nitrogens is 1. The Hall–Kier alpha value is -0.550. The number of hydrogen-bond donors (Lipinski definition) is 2. The maximum atomic E-state index is 8.97. The van der Waals surface area contributed by atoms with Crippen LogP contribution in [-0.4, -0.2) is 15.3 Å². The van der Waals surface area contributed by atoms with Gasteiger partial charge in [0.15, 0.2) is 8.96 Å². The lowest BCUT2D eigenvalue weighted by Crippen LogP contribution is -1.58. The van der Waals surface area contributed by atoms with E-state index in [1.165, 1.54) is 0 Å². The number of rotatable bonds is 1. The number of isothiocyanates is 1. The number of thiazole rings is 1. The Morgan fingerprint density at radius 3 is 2.80 bits per heavy atom. The Balaban J connectivity index is 3.27. The van der Waals surface area contributed by atoms with Crippen molar-refractivity contribution in [1.82, 2.24) is 4.98 Å². The first kappa shape index (κ1) is 7.56. The van der Waals surface area contributed by atoms with Crippen LogP contribution in [0.2, 0.25) is 0 Å². The van der Waals surface area contributed by atoms with Gasteiger partial charge in [-0.15, -0.1) is 0 Å². The summed E-state index contributed by atoms with van der Waals surface area (Å²) in [5, 5.41) is 11.5. The van der Waals surface area contributed by atoms with Crippen molar-refractivity contribution in [2.24, 2.45) is 4.99 Å². The van der Waals surface area contributed by atoms with Gasteiger partial charge in [-0.3, -0.25) is 0 Å². The highest BCUT2D eigenvalue weighted by molar-refractivity contribution is 7.78. The molecular formula is C4H2N2OS3. The number of H-pyrrole nitrogens is 1. The van der Waals surface area contributed by atoms with E-state index in [2.05, 4.69) is 27.4 Å². The second-order valence-electron chi connectivity index (χ2n) is 1.37. The van der Waals surface area contributed by atoms with Crippen molar-refractivity contribution in [2.45, 2.75) is 0 Å². The molecule has 0 aliphatic carbocycles. The standard InChI is InChI=1S/C4H2N2OS3/c7-2-3(5-1-8)10-4(9)6-2/h7H,(H,6,9). The maximum absolute atomic E-state index is 8.97. The number of nitrogens with zero attached hydrogens (tertiary/aromatic N) is 1. The molecule has 6 heteroatoms. The molecule has 0 aliphatic heterocycles. The van der Waals surface area contributed by atoms with Crippen molar-refractivity contribution in [3.63, 3.8) is 0 Å². The predicted octanol–water partition coefficient (Wildman–Crippen LogP) is 2.25. The summed E-state index contributed by atoms with van der Waals surface area (Å²) in [6, 6.07) is 0. The third-order valence-electron chi connectivity index (χ3n) is 0.760. The number of hydrogen-bond acceptors (Lipinski definition) is 5. The zero-order chi connectivity index (χ0) is 7.56. The Morgan fingerprint density at radius 2 is 2.40 bits per heavy atom. The van der Waals surface area contributed by atoms with Crippen LogP contribution in [0, 0.1) is 3.95 Å². The minimum absolute atomic E-state index is 0.0487. The smallest absolute Gasteiger partial charge is 0.228 e. The van der Waals surface area contributed by atoms with Gasteiger partial charge in [-0.25, -0.2) is 0 Å². The first-order chi connectivity index (χ1) is 4.74. The average molecular weight is 190 g/mol. The summed E-state index contributed by atoms with van der Waals surface area (Å²) in [5.74, 6) is -0.0487. The molecule has 3 nitrogen and oxygen atoms in total. The molecule has 1 aromatic heterocycles. The first-order valence-corrected chi connectivity index (χ1v) is 3.87. The van der Waals surface area contributed by atoms with Crippen molar-refractivity contribution < 1.29 is 5.11 Å². The van der Waals surface area contributed by atoms with Gasteiger partial charge in [0, 0.05) is 0 Å². The third kappa shape index (κ3) is 1.48. The van der Waals surface area contributed by atoms with Crippen LogP contribution in [0.4, 0.5) is 5.00 Å². The minimum Gasteiger partial charge on any atom is -0.492 e. The van der Waals surface area contributed by atoms with E-state index >= 15 is 0 Å². The fourth-order valence-electron chi connectivity index (χ4n) is 0.429. The molecule has 1 rings (SSSR count). The zero-order valence-electron chi connectivity index (χ0n) is 4.62. The Bertz CT molecular complexity index is 333. The summed E-state index contributed by atoms with van der Waals surface area (Å²) in [7, 11) is 0. The van der Waals surface area contributed by atoms with E-state index in [0.717, 1.165) is 11.3 Å². The molecule has 0 atom stereocenters. The van der Waals surface area contributed by atoms with E-state index in [1.54, 1.807) is 0 Å². The molecule has 0 spiro atoms. The van der Waals surface area contributed by atoms with E-state index in [9.17, 15) is 0 Å². The van der Waals surface area contributed by atoms with Crippen molar-refractivity contribution in [1.29, 1.82) is 0 Å². The van der Waals surface area contributed by atoms with Crippen molar-refractivity contribution in [2.75, 3.05) is 0 Å². The highest BCUT2D eigenvalue weighted by Crippen LogP contribution is 2.29. The van der Waals surface area contributed by atoms with Crippen molar-refractivity contribution >= 4 is 45.9 Å². The summed E-state index contributed by atoms with van der Waals surface area (Å²) < 4.78 is 0.474. The van der Waals surface area contributed by atoms with Crippen LogP contribution in [0.15, 0.2) is 4.99 Å². The Labute approximate surface area is 71.1 Å². The molecule has 2 N–H and O–H groups in total. The van der Waals surface area contributed by atoms with Crippen LogP contribution in [0.5, 0.6) is 5.88 Å². The largest absolute Gasteiger partial charge is 0.492 e. The number of thiocarbonyl (C=S) groups is 1. The highest BCUT2D eigenvalue weighted by atomic mass is 32.1. The monoisotopic (exact) mass is 190 g/mol. The third-order valence-corrected chi connectivity index (χ3v) is 1.97. The van der Waals surface area contributed by atoms with E-state index in [4.69, 9.17) is 17.3 Å². The lowest BCUT2D eigenvalue weighted by molar-refractivity contribution is 0.458. The molecule has 0 radical (unpaired) electrons. The normalized spacial score (nSPS) is 8.80. The SMILES string of the molecule is Oc1[nH]c(=S)sc1N=C=S. The highest BCUT2D eigenvalue weighted by Gasteiger charge is 2.00. The lowest BCUT2D eigenvalue weighted by Gasteiger charge is -1.80. The van der Waals surface area contributed by atoms with Crippen LogP contribution in [0.25, 0.3) is 0 Å². The minimum atomic E-state index is -0.0487. The molecule has 1 aromatic rings. The van der Waals surface area contributed by atoms with E-state index < -0.39 is 0 Å². The van der Waals surface area contributed by atoms with Gasteiger partial charge in [0.05, 0.1) is 5.16 Å². The van der Waals surface area contributed by atoms with Crippen molar-refractivity contribution in [3.05, 3.63) is 3.95 Å². The number of aromatic amines is 1. The fourth-order valence-corrected chi connectivity index (χ4v) is 1.47. The topological polar surface area (TPSA) is 48.4 Å². The lowest BCUT2D eigenvalue weighted by atomic mass is 10.8. The molecule has 0 saturated carbocycles. The van der Waals surface area contributed by atoms with E-state index in [0.29, 0.717) is 8.96 Å².